The molecule has 2 aliphatic heterocycles. The van der Waals surface area contributed by atoms with Gasteiger partial charge >= 0.3 is 6.18 Å². The minimum atomic E-state index is -4.42. The van der Waals surface area contributed by atoms with E-state index >= 15 is 0 Å². The van der Waals surface area contributed by atoms with Gasteiger partial charge < -0.3 is 9.80 Å². The van der Waals surface area contributed by atoms with Crippen molar-refractivity contribution in [2.45, 2.75) is 37.9 Å². The predicted octanol–water partition coefficient (Wildman–Crippen LogP) is 7.37. The van der Waals surface area contributed by atoms with Gasteiger partial charge in [-0.2, -0.15) is 13.2 Å². The second kappa shape index (κ2) is 13.1. The van der Waals surface area contributed by atoms with Gasteiger partial charge in [-0.3, -0.25) is 14.5 Å². The number of rotatable bonds is 6. The number of nitrogens with zero attached hydrogens (tertiary/aromatic N) is 4. The number of piperazine rings is 1. The van der Waals surface area contributed by atoms with Crippen molar-refractivity contribution in [3.63, 3.8) is 0 Å². The number of hydrogen-bond acceptors (Lipinski definition) is 5. The first-order valence-electron chi connectivity index (χ1n) is 15.3. The number of hydrogen-bond donors (Lipinski definition) is 0. The number of alkyl halides is 3. The SMILES string of the molecule is CC(c1ccccc1)N1CCN(C(=O)c2csc(C3CCN(C(=O)c4ccccc4-c4ccc(C(F)(F)F)cc4)CC3)n2)CC1. The summed E-state index contributed by atoms with van der Waals surface area (Å²) in [7, 11) is 0. The minimum Gasteiger partial charge on any atom is -0.339 e. The lowest BCUT2D eigenvalue weighted by molar-refractivity contribution is -0.137. The largest absolute Gasteiger partial charge is 0.416 e. The van der Waals surface area contributed by atoms with Crippen LogP contribution in [0.15, 0.2) is 84.2 Å². The molecule has 0 bridgehead atoms. The van der Waals surface area contributed by atoms with Gasteiger partial charge in [0, 0.05) is 62.2 Å². The number of amides is 2. The summed E-state index contributed by atoms with van der Waals surface area (Å²) in [6.45, 7) is 6.23. The van der Waals surface area contributed by atoms with Gasteiger partial charge in [-0.05, 0) is 54.7 Å². The van der Waals surface area contributed by atoms with Crippen LogP contribution >= 0.6 is 11.3 Å². The van der Waals surface area contributed by atoms with Crippen LogP contribution in [0.5, 0.6) is 0 Å². The molecule has 2 fully saturated rings. The summed E-state index contributed by atoms with van der Waals surface area (Å²) in [6, 6.07) is 22.7. The van der Waals surface area contributed by atoms with Gasteiger partial charge in [-0.1, -0.05) is 60.7 Å². The first-order chi connectivity index (χ1) is 21.7. The summed E-state index contributed by atoms with van der Waals surface area (Å²) in [5, 5.41) is 2.78. The van der Waals surface area contributed by atoms with Crippen LogP contribution in [0.3, 0.4) is 0 Å². The van der Waals surface area contributed by atoms with E-state index in [-0.39, 0.29) is 17.7 Å². The van der Waals surface area contributed by atoms with Crippen molar-refractivity contribution in [1.82, 2.24) is 19.7 Å². The third kappa shape index (κ3) is 6.82. The molecule has 2 saturated heterocycles. The fourth-order valence-electron chi connectivity index (χ4n) is 6.25. The number of benzene rings is 3. The molecule has 6 rings (SSSR count). The normalized spacial score (nSPS) is 17.3. The highest BCUT2D eigenvalue weighted by atomic mass is 32.1. The Morgan fingerprint density at radius 3 is 2.09 bits per heavy atom. The number of carbonyl (C=O) groups excluding carboxylic acids is 2. The maximum atomic E-state index is 13.6. The highest BCUT2D eigenvalue weighted by Gasteiger charge is 2.32. The average Bonchev–Trinajstić information content (AvgIpc) is 3.58. The van der Waals surface area contributed by atoms with E-state index < -0.39 is 11.7 Å². The molecule has 1 unspecified atom stereocenters. The average molecular weight is 633 g/mol. The summed E-state index contributed by atoms with van der Waals surface area (Å²) in [5.41, 5.74) is 2.68. The van der Waals surface area contributed by atoms with Crippen LogP contribution in [0, 0.1) is 0 Å². The van der Waals surface area contributed by atoms with Crippen molar-refractivity contribution in [2.24, 2.45) is 0 Å². The van der Waals surface area contributed by atoms with E-state index in [2.05, 4.69) is 36.1 Å². The molecule has 4 aromatic rings. The minimum absolute atomic E-state index is 0.0306. The first-order valence-corrected chi connectivity index (χ1v) is 16.2. The van der Waals surface area contributed by atoms with Crippen LogP contribution in [-0.4, -0.2) is 70.8 Å². The number of halogens is 3. The Labute approximate surface area is 265 Å². The van der Waals surface area contributed by atoms with E-state index in [1.165, 1.54) is 29.0 Å². The molecule has 3 aromatic carbocycles. The molecule has 0 saturated carbocycles. The van der Waals surface area contributed by atoms with E-state index in [0.717, 1.165) is 43.1 Å². The van der Waals surface area contributed by atoms with Crippen LogP contribution in [0.1, 0.15) is 68.7 Å². The Bertz CT molecular complexity index is 1620. The van der Waals surface area contributed by atoms with Crippen LogP contribution in [-0.2, 0) is 6.18 Å². The smallest absolute Gasteiger partial charge is 0.339 e. The predicted molar refractivity (Wildman–Crippen MR) is 169 cm³/mol. The van der Waals surface area contributed by atoms with Crippen molar-refractivity contribution in [3.8, 4) is 11.1 Å². The molecule has 0 aliphatic carbocycles. The monoisotopic (exact) mass is 632 g/mol. The second-order valence-electron chi connectivity index (χ2n) is 11.7. The van der Waals surface area contributed by atoms with Crippen molar-refractivity contribution in [3.05, 3.63) is 112 Å². The van der Waals surface area contributed by atoms with Gasteiger partial charge in [0.05, 0.1) is 10.6 Å². The zero-order valence-electron chi connectivity index (χ0n) is 25.0. The molecule has 1 aromatic heterocycles. The highest BCUT2D eigenvalue weighted by Crippen LogP contribution is 2.34. The van der Waals surface area contributed by atoms with E-state index in [1.807, 2.05) is 16.3 Å². The van der Waals surface area contributed by atoms with Gasteiger partial charge in [-0.25, -0.2) is 4.98 Å². The molecule has 0 spiro atoms. The van der Waals surface area contributed by atoms with E-state index in [9.17, 15) is 22.8 Å². The Kier molecular flexibility index (Phi) is 9.05. The Morgan fingerprint density at radius 1 is 0.800 bits per heavy atom. The quantitative estimate of drug-likeness (QED) is 0.223. The van der Waals surface area contributed by atoms with Crippen molar-refractivity contribution < 1.29 is 22.8 Å². The number of aromatic nitrogens is 1. The Morgan fingerprint density at radius 2 is 1.42 bits per heavy atom. The van der Waals surface area contributed by atoms with Crippen LogP contribution in [0.25, 0.3) is 11.1 Å². The van der Waals surface area contributed by atoms with Gasteiger partial charge in [0.15, 0.2) is 0 Å². The number of carbonyl (C=O) groups is 2. The standard InChI is InChI=1S/C35H35F3N4O2S/c1-24(25-7-3-2-4-8-25)40-19-21-42(22-20-40)34(44)31-23-45-32(39-31)27-15-17-41(18-16-27)33(43)30-10-6-5-9-29(30)26-11-13-28(14-12-26)35(36,37)38/h2-14,23-24,27H,15-22H2,1H3. The van der Waals surface area contributed by atoms with Crippen LogP contribution in [0.4, 0.5) is 13.2 Å². The van der Waals surface area contributed by atoms with Gasteiger partial charge in [-0.15, -0.1) is 11.3 Å². The maximum absolute atomic E-state index is 13.6. The molecule has 234 valence electrons. The fourth-order valence-corrected chi connectivity index (χ4v) is 7.22. The van der Waals surface area contributed by atoms with Gasteiger partial charge in [0.1, 0.15) is 5.69 Å². The number of likely N-dealkylation sites (tertiary alicyclic amines) is 1. The van der Waals surface area contributed by atoms with E-state index in [0.29, 0.717) is 54.6 Å². The number of thiazole rings is 1. The van der Waals surface area contributed by atoms with Crippen molar-refractivity contribution in [1.29, 1.82) is 0 Å². The molecule has 0 radical (unpaired) electrons. The molecule has 6 nitrogen and oxygen atoms in total. The summed E-state index contributed by atoms with van der Waals surface area (Å²) < 4.78 is 39.2. The lowest BCUT2D eigenvalue weighted by Crippen LogP contribution is -2.49. The summed E-state index contributed by atoms with van der Waals surface area (Å²) in [5.74, 6) is -0.00833. The Hall–Kier alpha value is -4.02. The summed E-state index contributed by atoms with van der Waals surface area (Å²) in [4.78, 5) is 37.7. The zero-order valence-corrected chi connectivity index (χ0v) is 25.9. The molecule has 0 N–H and O–H groups in total. The zero-order chi connectivity index (χ0) is 31.6. The van der Waals surface area contributed by atoms with Crippen LogP contribution < -0.4 is 0 Å². The van der Waals surface area contributed by atoms with Crippen molar-refractivity contribution in [2.75, 3.05) is 39.3 Å². The lowest BCUT2D eigenvalue weighted by atomic mass is 9.94. The van der Waals surface area contributed by atoms with E-state index in [4.69, 9.17) is 4.98 Å². The molecular weight excluding hydrogens is 597 g/mol. The summed E-state index contributed by atoms with van der Waals surface area (Å²) in [6.07, 6.45) is -2.96. The Balaban J connectivity index is 1.04. The highest BCUT2D eigenvalue weighted by molar-refractivity contribution is 7.09. The molecule has 2 amide bonds. The molecular formula is C35H35F3N4O2S. The molecule has 3 heterocycles. The molecule has 10 heteroatoms. The molecule has 2 aliphatic rings. The fraction of sp³-hybridized carbons (Fsp3) is 0.343. The topological polar surface area (TPSA) is 56.8 Å². The van der Waals surface area contributed by atoms with Crippen molar-refractivity contribution >= 4 is 23.2 Å². The van der Waals surface area contributed by atoms with Crippen LogP contribution in [0.2, 0.25) is 0 Å². The number of piperidine rings is 1. The maximum Gasteiger partial charge on any atom is 0.416 e. The van der Waals surface area contributed by atoms with E-state index in [1.54, 1.807) is 29.2 Å². The third-order valence-corrected chi connectivity index (χ3v) is 9.99. The molecule has 45 heavy (non-hydrogen) atoms. The van der Waals surface area contributed by atoms with Gasteiger partial charge in [0.2, 0.25) is 0 Å². The van der Waals surface area contributed by atoms with Gasteiger partial charge in [0.25, 0.3) is 11.8 Å². The third-order valence-electron chi connectivity index (χ3n) is 8.98. The molecule has 1 atom stereocenters. The second-order valence-corrected chi connectivity index (χ2v) is 12.6. The first kappa shape index (κ1) is 31.0. The lowest BCUT2D eigenvalue weighted by Gasteiger charge is -2.38. The summed E-state index contributed by atoms with van der Waals surface area (Å²) >= 11 is 1.51.